The average molecular weight is 272 g/mol. The Morgan fingerprint density at radius 3 is 2.65 bits per heavy atom. The molecule has 0 unspecified atom stereocenters. The van der Waals surface area contributed by atoms with Crippen LogP contribution < -0.4 is 11.1 Å². The van der Waals surface area contributed by atoms with E-state index < -0.39 is 0 Å². The summed E-state index contributed by atoms with van der Waals surface area (Å²) in [6.07, 6.45) is 0. The van der Waals surface area contributed by atoms with Gasteiger partial charge in [0.1, 0.15) is 5.69 Å². The highest BCUT2D eigenvalue weighted by Crippen LogP contribution is 2.19. The zero-order valence-electron chi connectivity index (χ0n) is 12.1. The molecule has 0 amide bonds. The Labute approximate surface area is 118 Å². The first kappa shape index (κ1) is 14.1. The molecule has 0 bridgehead atoms. The van der Waals surface area contributed by atoms with Crippen molar-refractivity contribution in [3.63, 3.8) is 0 Å². The predicted molar refractivity (Wildman–Crippen MR) is 80.2 cm³/mol. The number of guanidine groups is 1. The zero-order valence-corrected chi connectivity index (χ0v) is 12.1. The molecule has 2 rings (SSSR count). The first-order valence-electron chi connectivity index (χ1n) is 6.53. The molecule has 0 atom stereocenters. The second kappa shape index (κ2) is 5.77. The second-order valence-electron chi connectivity index (χ2n) is 5.62. The van der Waals surface area contributed by atoms with Crippen LogP contribution in [-0.2, 0) is 6.54 Å². The molecule has 0 fully saturated rings. The molecule has 0 aliphatic carbocycles. The van der Waals surface area contributed by atoms with Crippen LogP contribution in [0.2, 0.25) is 0 Å². The first-order chi connectivity index (χ1) is 9.44. The van der Waals surface area contributed by atoms with Crippen LogP contribution in [0.15, 0.2) is 45.9 Å². The van der Waals surface area contributed by atoms with Crippen molar-refractivity contribution in [2.24, 2.45) is 10.7 Å². The molecule has 20 heavy (non-hydrogen) atoms. The van der Waals surface area contributed by atoms with Crippen LogP contribution in [0, 0.1) is 0 Å². The number of nitrogens with two attached hydrogens (primary N) is 1. The van der Waals surface area contributed by atoms with Gasteiger partial charge in [0.25, 0.3) is 0 Å². The van der Waals surface area contributed by atoms with Gasteiger partial charge in [-0.25, -0.2) is 4.99 Å². The molecule has 0 aliphatic rings. The Hall–Kier alpha value is -2.30. The largest absolute Gasteiger partial charge is 0.370 e. The molecule has 106 valence electrons. The summed E-state index contributed by atoms with van der Waals surface area (Å²) in [7, 11) is 0. The number of aromatic nitrogens is 1. The fourth-order valence-electron chi connectivity index (χ4n) is 1.71. The minimum Gasteiger partial charge on any atom is -0.370 e. The highest BCUT2D eigenvalue weighted by Gasteiger charge is 2.10. The number of hydrogen-bond acceptors (Lipinski definition) is 3. The maximum absolute atomic E-state index is 5.81. The van der Waals surface area contributed by atoms with E-state index in [4.69, 9.17) is 10.3 Å². The summed E-state index contributed by atoms with van der Waals surface area (Å²) in [5, 5.41) is 7.09. The molecule has 0 spiro atoms. The van der Waals surface area contributed by atoms with Crippen LogP contribution >= 0.6 is 0 Å². The lowest BCUT2D eigenvalue weighted by Gasteiger charge is -2.20. The van der Waals surface area contributed by atoms with E-state index in [0.29, 0.717) is 12.5 Å². The molecule has 1 heterocycles. The van der Waals surface area contributed by atoms with Crippen molar-refractivity contribution >= 4 is 5.96 Å². The molecule has 0 saturated heterocycles. The Morgan fingerprint density at radius 1 is 1.30 bits per heavy atom. The molecule has 1 aromatic carbocycles. The monoisotopic (exact) mass is 272 g/mol. The van der Waals surface area contributed by atoms with Crippen LogP contribution in [0.5, 0.6) is 0 Å². The summed E-state index contributed by atoms with van der Waals surface area (Å²) in [6.45, 7) is 6.47. The predicted octanol–water partition coefficient (Wildman–Crippen LogP) is 2.54. The van der Waals surface area contributed by atoms with Gasteiger partial charge in [0, 0.05) is 17.2 Å². The van der Waals surface area contributed by atoms with Crippen molar-refractivity contribution in [3.05, 3.63) is 42.1 Å². The highest BCUT2D eigenvalue weighted by molar-refractivity contribution is 5.78. The van der Waals surface area contributed by atoms with Gasteiger partial charge in [-0.2, -0.15) is 0 Å². The molecule has 0 radical (unpaired) electrons. The highest BCUT2D eigenvalue weighted by atomic mass is 16.5. The van der Waals surface area contributed by atoms with E-state index in [1.54, 1.807) is 0 Å². The van der Waals surface area contributed by atoms with E-state index in [1.807, 2.05) is 57.2 Å². The van der Waals surface area contributed by atoms with Gasteiger partial charge < -0.3 is 15.6 Å². The molecule has 3 N–H and O–H groups in total. The van der Waals surface area contributed by atoms with Crippen molar-refractivity contribution in [2.75, 3.05) is 0 Å². The molecular formula is C15H20N4O. The Bertz CT molecular complexity index is 581. The Morgan fingerprint density at radius 2 is 2.00 bits per heavy atom. The second-order valence-corrected chi connectivity index (χ2v) is 5.62. The summed E-state index contributed by atoms with van der Waals surface area (Å²) >= 11 is 0. The fraction of sp³-hybridized carbons (Fsp3) is 0.333. The third kappa shape index (κ3) is 4.12. The molecular weight excluding hydrogens is 252 g/mol. The standard InChI is InChI=1S/C15H20N4O/c1-15(2,3)18-14(16)17-10-12-9-13(20-19-12)11-7-5-4-6-8-11/h4-9H,10H2,1-3H3,(H3,16,17,18). The van der Waals surface area contributed by atoms with Crippen LogP contribution in [0.1, 0.15) is 26.5 Å². The molecule has 0 saturated carbocycles. The lowest BCUT2D eigenvalue weighted by molar-refractivity contribution is 0.424. The number of nitrogens with zero attached hydrogens (tertiary/aromatic N) is 2. The van der Waals surface area contributed by atoms with E-state index in [-0.39, 0.29) is 5.54 Å². The van der Waals surface area contributed by atoms with Crippen molar-refractivity contribution in [2.45, 2.75) is 32.9 Å². The third-order valence-corrected chi connectivity index (χ3v) is 2.53. The van der Waals surface area contributed by atoms with Gasteiger partial charge in [-0.1, -0.05) is 35.5 Å². The van der Waals surface area contributed by atoms with Crippen molar-refractivity contribution in [3.8, 4) is 11.3 Å². The topological polar surface area (TPSA) is 76.4 Å². The van der Waals surface area contributed by atoms with Gasteiger partial charge >= 0.3 is 0 Å². The zero-order chi connectivity index (χ0) is 14.6. The van der Waals surface area contributed by atoms with Gasteiger partial charge in [0.15, 0.2) is 11.7 Å². The fourth-order valence-corrected chi connectivity index (χ4v) is 1.71. The molecule has 0 aliphatic heterocycles. The number of rotatable bonds is 3. The lowest BCUT2D eigenvalue weighted by atomic mass is 10.1. The van der Waals surface area contributed by atoms with Gasteiger partial charge in [0.2, 0.25) is 0 Å². The third-order valence-electron chi connectivity index (χ3n) is 2.53. The van der Waals surface area contributed by atoms with Gasteiger partial charge in [0.05, 0.1) is 6.54 Å². The Kier molecular flexibility index (Phi) is 4.08. The van der Waals surface area contributed by atoms with Crippen LogP contribution in [0.3, 0.4) is 0 Å². The summed E-state index contributed by atoms with van der Waals surface area (Å²) < 4.78 is 5.30. The van der Waals surface area contributed by atoms with E-state index in [9.17, 15) is 0 Å². The lowest BCUT2D eigenvalue weighted by Crippen LogP contribution is -2.44. The average Bonchev–Trinajstić information content (AvgIpc) is 2.84. The van der Waals surface area contributed by atoms with Gasteiger partial charge in [-0.15, -0.1) is 0 Å². The maximum Gasteiger partial charge on any atom is 0.189 e. The number of hydrogen-bond donors (Lipinski definition) is 2. The molecule has 1 aromatic heterocycles. The summed E-state index contributed by atoms with van der Waals surface area (Å²) in [5.41, 5.74) is 7.45. The SMILES string of the molecule is CC(C)(C)NC(N)=NCc1cc(-c2ccccc2)on1. The number of aliphatic imine (C=N–C) groups is 1. The van der Waals surface area contributed by atoms with Crippen molar-refractivity contribution < 1.29 is 4.52 Å². The molecule has 5 nitrogen and oxygen atoms in total. The first-order valence-corrected chi connectivity index (χ1v) is 6.53. The summed E-state index contributed by atoms with van der Waals surface area (Å²) in [6, 6.07) is 11.7. The Balaban J connectivity index is 2.02. The van der Waals surface area contributed by atoms with E-state index in [1.165, 1.54) is 0 Å². The van der Waals surface area contributed by atoms with Crippen LogP contribution in [-0.4, -0.2) is 16.7 Å². The number of benzene rings is 1. The minimum atomic E-state index is -0.105. The van der Waals surface area contributed by atoms with Gasteiger partial charge in [-0.3, -0.25) is 0 Å². The van der Waals surface area contributed by atoms with E-state index in [0.717, 1.165) is 17.0 Å². The quantitative estimate of drug-likeness (QED) is 0.665. The van der Waals surface area contributed by atoms with E-state index >= 15 is 0 Å². The number of nitrogens with one attached hydrogen (secondary N) is 1. The van der Waals surface area contributed by atoms with E-state index in [2.05, 4.69) is 15.5 Å². The van der Waals surface area contributed by atoms with Crippen LogP contribution in [0.25, 0.3) is 11.3 Å². The van der Waals surface area contributed by atoms with Gasteiger partial charge in [-0.05, 0) is 20.8 Å². The smallest absolute Gasteiger partial charge is 0.189 e. The van der Waals surface area contributed by atoms with Crippen molar-refractivity contribution in [1.82, 2.24) is 10.5 Å². The molecule has 5 heteroatoms. The van der Waals surface area contributed by atoms with Crippen LogP contribution in [0.4, 0.5) is 0 Å². The molecule has 2 aromatic rings. The maximum atomic E-state index is 5.81. The summed E-state index contributed by atoms with van der Waals surface area (Å²) in [4.78, 5) is 4.25. The summed E-state index contributed by atoms with van der Waals surface area (Å²) in [5.74, 6) is 1.14. The minimum absolute atomic E-state index is 0.105. The van der Waals surface area contributed by atoms with Crippen molar-refractivity contribution in [1.29, 1.82) is 0 Å². The normalized spacial score (nSPS) is 12.4.